The van der Waals surface area contributed by atoms with E-state index in [1.54, 1.807) is 19.1 Å². The van der Waals surface area contributed by atoms with E-state index in [2.05, 4.69) is 0 Å². The second-order valence-corrected chi connectivity index (χ2v) is 17.3. The summed E-state index contributed by atoms with van der Waals surface area (Å²) in [6, 6.07) is 30.1. The van der Waals surface area contributed by atoms with Gasteiger partial charge in [0.05, 0.1) is 24.4 Å². The molecule has 0 aliphatic heterocycles. The van der Waals surface area contributed by atoms with Crippen molar-refractivity contribution in [3.05, 3.63) is 140 Å². The lowest BCUT2D eigenvalue weighted by Gasteiger charge is -2.30. The van der Waals surface area contributed by atoms with Gasteiger partial charge in [0, 0.05) is 26.7 Å². The van der Waals surface area contributed by atoms with Crippen LogP contribution in [0, 0.1) is 13.8 Å². The Morgan fingerprint density at radius 1 is 0.650 bits per heavy atom. The van der Waals surface area contributed by atoms with Gasteiger partial charge in [-0.1, -0.05) is 96.0 Å². The number of halogens is 2. The van der Waals surface area contributed by atoms with E-state index in [-0.39, 0.29) is 13.2 Å². The molecule has 6 rings (SSSR count). The van der Waals surface area contributed by atoms with E-state index in [4.69, 9.17) is 37.4 Å². The van der Waals surface area contributed by atoms with Crippen LogP contribution in [-0.4, -0.2) is 46.2 Å². The molecule has 10 heteroatoms. The number of ether oxygens (including phenoxy) is 3. The highest BCUT2D eigenvalue weighted by Gasteiger charge is 2.35. The SMILES string of the molecule is CCOC(=O)C(OC(C)(C)C)c1c(C)c(C=O)c2ccccc2c1-c1ccc(Cl)cc1.Cc1c(C(OC(C)(C)C)C(=O)O)c(-c2ccc(Cl)cc2)c2ccccc2c1CO. The van der Waals surface area contributed by atoms with Crippen molar-refractivity contribution in [3.63, 3.8) is 0 Å². The van der Waals surface area contributed by atoms with E-state index in [9.17, 15) is 24.6 Å². The predicted octanol–water partition coefficient (Wildman–Crippen LogP) is 12.6. The van der Waals surface area contributed by atoms with Gasteiger partial charge in [-0.3, -0.25) is 4.79 Å². The minimum atomic E-state index is -1.18. The van der Waals surface area contributed by atoms with Crippen LogP contribution in [0.2, 0.25) is 10.0 Å². The maximum atomic E-state index is 13.1. The Bertz CT molecular complexity index is 2510. The number of esters is 1. The first-order chi connectivity index (χ1) is 28.3. The topological polar surface area (TPSA) is 119 Å². The Balaban J connectivity index is 0.000000228. The van der Waals surface area contributed by atoms with Crippen molar-refractivity contribution < 1.29 is 38.8 Å². The number of aliphatic hydroxyl groups excluding tert-OH is 1. The van der Waals surface area contributed by atoms with E-state index in [1.165, 1.54) is 0 Å². The molecule has 0 bridgehead atoms. The molecule has 0 fully saturated rings. The maximum absolute atomic E-state index is 13.1. The summed E-state index contributed by atoms with van der Waals surface area (Å²) < 4.78 is 17.6. The summed E-state index contributed by atoms with van der Waals surface area (Å²) in [6.07, 6.45) is -1.34. The summed E-state index contributed by atoms with van der Waals surface area (Å²) in [7, 11) is 0. The molecule has 6 aromatic carbocycles. The number of carbonyl (C=O) groups excluding carboxylic acids is 2. The van der Waals surface area contributed by atoms with Gasteiger partial charge in [-0.2, -0.15) is 0 Å². The Labute approximate surface area is 362 Å². The summed E-state index contributed by atoms with van der Waals surface area (Å²) in [5.74, 6) is -1.56. The van der Waals surface area contributed by atoms with Gasteiger partial charge in [-0.25, -0.2) is 9.59 Å². The van der Waals surface area contributed by atoms with Gasteiger partial charge in [0.1, 0.15) is 0 Å². The molecule has 0 saturated heterocycles. The molecule has 6 aromatic rings. The van der Waals surface area contributed by atoms with E-state index < -0.39 is 35.3 Å². The van der Waals surface area contributed by atoms with Crippen molar-refractivity contribution in [1.29, 1.82) is 0 Å². The van der Waals surface area contributed by atoms with Crippen LogP contribution in [0.4, 0.5) is 0 Å². The average molecular weight is 852 g/mol. The van der Waals surface area contributed by atoms with Crippen LogP contribution in [0.1, 0.15) is 98.8 Å². The first-order valence-corrected chi connectivity index (χ1v) is 20.5. The molecule has 60 heavy (non-hydrogen) atoms. The minimum Gasteiger partial charge on any atom is -0.479 e. The first-order valence-electron chi connectivity index (χ1n) is 19.7. The molecule has 0 spiro atoms. The Kier molecular flexibility index (Phi) is 14.6. The van der Waals surface area contributed by atoms with Gasteiger partial charge in [-0.05, 0) is 147 Å². The van der Waals surface area contributed by atoms with Gasteiger partial charge in [0.25, 0.3) is 0 Å². The quantitative estimate of drug-likeness (QED) is 0.0977. The highest BCUT2D eigenvalue weighted by Crippen LogP contribution is 2.44. The fourth-order valence-electron chi connectivity index (χ4n) is 7.53. The predicted molar refractivity (Wildman–Crippen MR) is 241 cm³/mol. The van der Waals surface area contributed by atoms with Gasteiger partial charge in [0.15, 0.2) is 18.5 Å². The molecule has 0 radical (unpaired) electrons. The lowest BCUT2D eigenvalue weighted by molar-refractivity contribution is -0.166. The number of hydrogen-bond acceptors (Lipinski definition) is 7. The number of aldehydes is 1. The standard InChI is InChI=1S/C26H27ClO4.C24H25ClO4/c1-6-30-25(29)24(31-26(3,4)5)22-16(2)21(15-28)19-9-7-8-10-20(19)23(22)17-11-13-18(27)14-12-17;1-14-19(13-26)17-7-5-6-8-18(17)21(15-9-11-16(25)12-10-15)20(14)22(23(27)28)29-24(2,3)4/h7-15,24H,6H2,1-5H3;5-12,22,26H,13H2,1-4H3,(H,27,28). The molecule has 0 saturated carbocycles. The monoisotopic (exact) mass is 850 g/mol. The molecule has 0 heterocycles. The van der Waals surface area contributed by atoms with E-state index in [0.29, 0.717) is 43.4 Å². The number of carboxylic acid groups (broad SMARTS) is 1. The number of aliphatic hydroxyl groups is 1. The summed E-state index contributed by atoms with van der Waals surface area (Å²) in [5, 5.41) is 24.8. The second-order valence-electron chi connectivity index (χ2n) is 16.4. The van der Waals surface area contributed by atoms with Crippen LogP contribution >= 0.6 is 23.2 Å². The summed E-state index contributed by atoms with van der Waals surface area (Å²) in [4.78, 5) is 37.5. The van der Waals surface area contributed by atoms with Crippen LogP contribution in [0.25, 0.3) is 43.8 Å². The van der Waals surface area contributed by atoms with Gasteiger partial charge >= 0.3 is 11.9 Å². The third-order valence-electron chi connectivity index (χ3n) is 9.95. The Hall–Kier alpha value is -5.09. The average Bonchev–Trinajstić information content (AvgIpc) is 3.19. The van der Waals surface area contributed by atoms with Crippen LogP contribution in [0.3, 0.4) is 0 Å². The number of aliphatic carboxylic acids is 1. The summed E-state index contributed by atoms with van der Waals surface area (Å²) in [6.45, 7) is 16.6. The fraction of sp³-hybridized carbons (Fsp3) is 0.300. The molecule has 0 aliphatic carbocycles. The third kappa shape index (κ3) is 10.3. The highest BCUT2D eigenvalue weighted by molar-refractivity contribution is 6.31. The molecule has 2 unspecified atom stereocenters. The Morgan fingerprint density at radius 2 is 1.07 bits per heavy atom. The number of benzene rings is 6. The number of fused-ring (bicyclic) bond motifs is 2. The molecule has 2 atom stereocenters. The lowest BCUT2D eigenvalue weighted by atomic mass is 9.84. The molecule has 0 amide bonds. The van der Waals surface area contributed by atoms with E-state index in [0.717, 1.165) is 50.1 Å². The van der Waals surface area contributed by atoms with Crippen LogP contribution in [-0.2, 0) is 30.4 Å². The van der Waals surface area contributed by atoms with Crippen LogP contribution in [0.5, 0.6) is 0 Å². The zero-order valence-electron chi connectivity index (χ0n) is 35.5. The first kappa shape index (κ1) is 46.0. The second kappa shape index (κ2) is 19.1. The number of rotatable bonds is 11. The van der Waals surface area contributed by atoms with Crippen LogP contribution < -0.4 is 0 Å². The molecule has 314 valence electrons. The van der Waals surface area contributed by atoms with E-state index >= 15 is 0 Å². The van der Waals surface area contributed by atoms with Crippen molar-refractivity contribution in [2.45, 2.75) is 92.3 Å². The largest absolute Gasteiger partial charge is 0.479 e. The summed E-state index contributed by atoms with van der Waals surface area (Å²) >= 11 is 12.2. The van der Waals surface area contributed by atoms with Gasteiger partial charge < -0.3 is 24.4 Å². The number of carboxylic acids is 1. The zero-order valence-corrected chi connectivity index (χ0v) is 37.0. The maximum Gasteiger partial charge on any atom is 0.339 e. The number of carbonyl (C=O) groups is 3. The van der Waals surface area contributed by atoms with Crippen molar-refractivity contribution in [2.24, 2.45) is 0 Å². The van der Waals surface area contributed by atoms with Crippen LogP contribution in [0.15, 0.2) is 97.1 Å². The summed E-state index contributed by atoms with van der Waals surface area (Å²) in [5.41, 5.74) is 5.89. The van der Waals surface area contributed by atoms with Crippen molar-refractivity contribution >= 4 is 63.0 Å². The van der Waals surface area contributed by atoms with E-state index in [1.807, 2.05) is 140 Å². The highest BCUT2D eigenvalue weighted by atomic mass is 35.5. The van der Waals surface area contributed by atoms with Gasteiger partial charge in [0.2, 0.25) is 0 Å². The smallest absolute Gasteiger partial charge is 0.339 e. The molecule has 0 aromatic heterocycles. The fourth-order valence-corrected chi connectivity index (χ4v) is 7.78. The Morgan fingerprint density at radius 3 is 1.48 bits per heavy atom. The number of hydrogen-bond donors (Lipinski definition) is 2. The zero-order chi connectivity index (χ0) is 44.1. The lowest BCUT2D eigenvalue weighted by Crippen LogP contribution is -2.30. The van der Waals surface area contributed by atoms with Gasteiger partial charge in [-0.15, -0.1) is 0 Å². The normalized spacial score (nSPS) is 12.7. The molecular formula is C50H52Cl2O8. The molecule has 2 N–H and O–H groups in total. The van der Waals surface area contributed by atoms with Crippen molar-refractivity contribution in [3.8, 4) is 22.3 Å². The molecular weight excluding hydrogens is 799 g/mol. The van der Waals surface area contributed by atoms with Crippen molar-refractivity contribution in [2.75, 3.05) is 6.61 Å². The third-order valence-corrected chi connectivity index (χ3v) is 10.4. The van der Waals surface area contributed by atoms with Crippen molar-refractivity contribution in [1.82, 2.24) is 0 Å². The molecule has 0 aliphatic rings. The minimum absolute atomic E-state index is 0.192. The molecule has 8 nitrogen and oxygen atoms in total.